The van der Waals surface area contributed by atoms with E-state index in [1.54, 1.807) is 19.1 Å². The first-order valence-corrected chi connectivity index (χ1v) is 6.63. The van der Waals surface area contributed by atoms with Crippen molar-refractivity contribution in [2.75, 3.05) is 0 Å². The molecule has 0 spiro atoms. The number of hydrogen-bond acceptors (Lipinski definition) is 5. The van der Waals surface area contributed by atoms with Crippen LogP contribution in [0, 0.1) is 6.92 Å². The summed E-state index contributed by atoms with van der Waals surface area (Å²) in [7, 11) is 1.49. The highest BCUT2D eigenvalue weighted by Crippen LogP contribution is 2.21. The number of hydrogen-bond donors (Lipinski definition) is 0. The Bertz CT molecular complexity index is 621. The molecule has 0 aliphatic heterocycles. The molecule has 1 aromatic heterocycles. The van der Waals surface area contributed by atoms with Gasteiger partial charge in [0.2, 0.25) is 11.7 Å². The summed E-state index contributed by atoms with van der Waals surface area (Å²) >= 11 is 0. The van der Waals surface area contributed by atoms with Crippen molar-refractivity contribution < 1.29 is 12.9 Å². The fraction of sp³-hybridized carbons (Fsp3) is 0.111. The van der Waals surface area contributed by atoms with Crippen molar-refractivity contribution >= 4 is 19.7 Å². The van der Waals surface area contributed by atoms with E-state index in [9.17, 15) is 8.42 Å². The van der Waals surface area contributed by atoms with Crippen molar-refractivity contribution in [3.8, 4) is 11.4 Å². The number of benzene rings is 1. The third kappa shape index (κ3) is 2.23. The predicted octanol–water partition coefficient (Wildman–Crippen LogP) is 1.97. The lowest BCUT2D eigenvalue weighted by Crippen LogP contribution is -1.91. The van der Waals surface area contributed by atoms with Gasteiger partial charge in [0.05, 0.1) is 4.90 Å². The molecule has 0 aliphatic carbocycles. The fourth-order valence-electron chi connectivity index (χ4n) is 1.20. The van der Waals surface area contributed by atoms with Crippen LogP contribution in [-0.4, -0.2) is 18.6 Å². The molecule has 84 valence electrons. The van der Waals surface area contributed by atoms with Gasteiger partial charge in [-0.2, -0.15) is 4.98 Å². The largest absolute Gasteiger partial charge is 0.339 e. The van der Waals surface area contributed by atoms with Crippen LogP contribution in [0.4, 0.5) is 0 Å². The molecule has 2 rings (SSSR count). The maximum absolute atomic E-state index is 11.1. The molecule has 1 aromatic carbocycles. The summed E-state index contributed by atoms with van der Waals surface area (Å²) in [5.41, 5.74) is 0.540. The molecule has 0 radical (unpaired) electrons. The SMILES string of the molecule is Cc1nc(-c2cccc(S(=O)(=O)Cl)c2)no1. The second-order valence-corrected chi connectivity index (χ2v) is 5.67. The highest BCUT2D eigenvalue weighted by molar-refractivity contribution is 8.13. The molecule has 2 aromatic rings. The Labute approximate surface area is 96.5 Å². The minimum absolute atomic E-state index is 0.00844. The van der Waals surface area contributed by atoms with Gasteiger partial charge in [-0.3, -0.25) is 0 Å². The third-order valence-electron chi connectivity index (χ3n) is 1.90. The Kier molecular flexibility index (Phi) is 2.69. The van der Waals surface area contributed by atoms with Crippen LogP contribution >= 0.6 is 10.7 Å². The Morgan fingerprint density at radius 1 is 1.38 bits per heavy atom. The average molecular weight is 259 g/mol. The van der Waals surface area contributed by atoms with Crippen LogP contribution in [0.15, 0.2) is 33.7 Å². The summed E-state index contributed by atoms with van der Waals surface area (Å²) in [5, 5.41) is 3.69. The normalized spacial score (nSPS) is 11.6. The van der Waals surface area contributed by atoms with Crippen LogP contribution in [0.3, 0.4) is 0 Å². The molecule has 0 atom stereocenters. The fourth-order valence-corrected chi connectivity index (χ4v) is 2.00. The van der Waals surface area contributed by atoms with Crippen molar-refractivity contribution in [1.29, 1.82) is 0 Å². The summed E-state index contributed by atoms with van der Waals surface area (Å²) in [5.74, 6) is 0.744. The number of aryl methyl sites for hydroxylation is 1. The maximum Gasteiger partial charge on any atom is 0.261 e. The minimum Gasteiger partial charge on any atom is -0.339 e. The quantitative estimate of drug-likeness (QED) is 0.770. The van der Waals surface area contributed by atoms with E-state index in [0.717, 1.165) is 0 Å². The summed E-state index contributed by atoms with van der Waals surface area (Å²) in [6.07, 6.45) is 0. The molecule has 0 bridgehead atoms. The molecule has 0 aliphatic rings. The zero-order valence-electron chi connectivity index (χ0n) is 8.21. The molecule has 0 saturated carbocycles. The van der Waals surface area contributed by atoms with Crippen molar-refractivity contribution in [2.24, 2.45) is 0 Å². The molecule has 1 heterocycles. The Hall–Kier alpha value is -1.40. The first-order chi connectivity index (χ1) is 7.47. The minimum atomic E-state index is -3.74. The number of rotatable bonds is 2. The molecule has 0 amide bonds. The standard InChI is InChI=1S/C9H7ClN2O3S/c1-6-11-9(12-15-6)7-3-2-4-8(5-7)16(10,13)14/h2-5H,1H3. The molecule has 7 heteroatoms. The Balaban J connectivity index is 2.52. The highest BCUT2D eigenvalue weighted by atomic mass is 35.7. The highest BCUT2D eigenvalue weighted by Gasteiger charge is 2.12. The number of nitrogens with zero attached hydrogens (tertiary/aromatic N) is 2. The molecule has 0 saturated heterocycles. The lowest BCUT2D eigenvalue weighted by atomic mass is 10.2. The van der Waals surface area contributed by atoms with Crippen LogP contribution in [-0.2, 0) is 9.05 Å². The second-order valence-electron chi connectivity index (χ2n) is 3.10. The molecule has 0 unspecified atom stereocenters. The lowest BCUT2D eigenvalue weighted by Gasteiger charge is -1.97. The van der Waals surface area contributed by atoms with Gasteiger partial charge in [-0.1, -0.05) is 17.3 Å². The van der Waals surface area contributed by atoms with Gasteiger partial charge < -0.3 is 4.52 Å². The van der Waals surface area contributed by atoms with E-state index in [2.05, 4.69) is 10.1 Å². The molecule has 0 N–H and O–H groups in total. The number of aromatic nitrogens is 2. The van der Waals surface area contributed by atoms with Gasteiger partial charge in [-0.15, -0.1) is 0 Å². The average Bonchev–Trinajstić information content (AvgIpc) is 2.64. The summed E-state index contributed by atoms with van der Waals surface area (Å²) in [6, 6.07) is 6.04. The van der Waals surface area contributed by atoms with E-state index >= 15 is 0 Å². The monoisotopic (exact) mass is 258 g/mol. The summed E-state index contributed by atoms with van der Waals surface area (Å²) in [4.78, 5) is 4.00. The molecule has 0 fully saturated rings. The van der Waals surface area contributed by atoms with Gasteiger partial charge >= 0.3 is 0 Å². The number of halogens is 1. The van der Waals surface area contributed by atoms with E-state index in [4.69, 9.17) is 15.2 Å². The van der Waals surface area contributed by atoms with Crippen LogP contribution in [0.5, 0.6) is 0 Å². The van der Waals surface area contributed by atoms with Crippen molar-refractivity contribution in [2.45, 2.75) is 11.8 Å². The van der Waals surface area contributed by atoms with E-state index in [-0.39, 0.29) is 4.90 Å². The maximum atomic E-state index is 11.1. The van der Waals surface area contributed by atoms with Gasteiger partial charge in [0, 0.05) is 23.2 Å². The van der Waals surface area contributed by atoms with E-state index < -0.39 is 9.05 Å². The van der Waals surface area contributed by atoms with Gasteiger partial charge in [0.25, 0.3) is 9.05 Å². The van der Waals surface area contributed by atoms with Crippen molar-refractivity contribution in [1.82, 2.24) is 10.1 Å². The van der Waals surface area contributed by atoms with Crippen LogP contribution in [0.2, 0.25) is 0 Å². The molecule has 16 heavy (non-hydrogen) atoms. The summed E-state index contributed by atoms with van der Waals surface area (Å²) in [6.45, 7) is 1.65. The lowest BCUT2D eigenvalue weighted by molar-refractivity contribution is 0.394. The van der Waals surface area contributed by atoms with Gasteiger partial charge in [0.1, 0.15) is 0 Å². The van der Waals surface area contributed by atoms with Gasteiger partial charge in [-0.05, 0) is 12.1 Å². The van der Waals surface area contributed by atoms with Crippen molar-refractivity contribution in [3.05, 3.63) is 30.2 Å². The summed E-state index contributed by atoms with van der Waals surface area (Å²) < 4.78 is 27.0. The Morgan fingerprint density at radius 3 is 2.69 bits per heavy atom. The zero-order chi connectivity index (χ0) is 11.8. The van der Waals surface area contributed by atoms with E-state index in [1.807, 2.05) is 0 Å². The second kappa shape index (κ2) is 3.88. The van der Waals surface area contributed by atoms with E-state index in [1.165, 1.54) is 12.1 Å². The molecule has 5 nitrogen and oxygen atoms in total. The Morgan fingerprint density at radius 2 is 2.12 bits per heavy atom. The topological polar surface area (TPSA) is 73.1 Å². The van der Waals surface area contributed by atoms with Gasteiger partial charge in [-0.25, -0.2) is 8.42 Å². The van der Waals surface area contributed by atoms with Crippen molar-refractivity contribution in [3.63, 3.8) is 0 Å². The van der Waals surface area contributed by atoms with Gasteiger partial charge in [0.15, 0.2) is 0 Å². The van der Waals surface area contributed by atoms with Crippen LogP contribution < -0.4 is 0 Å². The van der Waals surface area contributed by atoms with Crippen LogP contribution in [0.25, 0.3) is 11.4 Å². The third-order valence-corrected chi connectivity index (χ3v) is 3.25. The first kappa shape index (κ1) is 11.1. The van der Waals surface area contributed by atoms with Crippen LogP contribution in [0.1, 0.15) is 5.89 Å². The molecular formula is C9H7ClN2O3S. The zero-order valence-corrected chi connectivity index (χ0v) is 9.79. The molecular weight excluding hydrogens is 252 g/mol. The van der Waals surface area contributed by atoms with E-state index in [0.29, 0.717) is 17.3 Å². The smallest absolute Gasteiger partial charge is 0.261 e. The first-order valence-electron chi connectivity index (χ1n) is 4.32. The predicted molar refractivity (Wildman–Crippen MR) is 57.5 cm³/mol.